The lowest BCUT2D eigenvalue weighted by Crippen LogP contribution is -2.13. The lowest BCUT2D eigenvalue weighted by atomic mass is 9.89. The van der Waals surface area contributed by atoms with Crippen molar-refractivity contribution in [2.24, 2.45) is 0 Å². The van der Waals surface area contributed by atoms with Crippen LogP contribution in [0.5, 0.6) is 0 Å². The van der Waals surface area contributed by atoms with Crippen LogP contribution in [-0.2, 0) is 6.42 Å². The van der Waals surface area contributed by atoms with E-state index in [1.165, 1.54) is 49.7 Å². The van der Waals surface area contributed by atoms with Gasteiger partial charge >= 0.3 is 0 Å². The third kappa shape index (κ3) is 4.42. The Bertz CT molecular complexity index is 2700. The van der Waals surface area contributed by atoms with Crippen LogP contribution in [0.1, 0.15) is 11.1 Å². The van der Waals surface area contributed by atoms with Gasteiger partial charge in [-0.2, -0.15) is 0 Å². The second kappa shape index (κ2) is 11.1. The van der Waals surface area contributed by atoms with Crippen molar-refractivity contribution in [3.63, 3.8) is 0 Å². The second-order valence-corrected chi connectivity index (χ2v) is 12.8. The van der Waals surface area contributed by atoms with E-state index in [1.807, 2.05) is 12.1 Å². The summed E-state index contributed by atoms with van der Waals surface area (Å²) in [6.45, 7) is 0. The van der Waals surface area contributed by atoms with Gasteiger partial charge in [0.2, 0.25) is 0 Å². The first-order valence-corrected chi connectivity index (χ1v) is 16.9. The fraction of sp³-hybridized carbons (Fsp3) is 0.0213. The lowest BCUT2D eigenvalue weighted by molar-refractivity contribution is 0.669. The molecule has 2 nitrogen and oxygen atoms in total. The van der Waals surface area contributed by atoms with Crippen molar-refractivity contribution < 1.29 is 4.42 Å². The number of anilines is 3. The predicted molar refractivity (Wildman–Crippen MR) is 205 cm³/mol. The molecule has 0 radical (unpaired) electrons. The monoisotopic (exact) mass is 625 g/mol. The molecule has 1 aliphatic rings. The molecule has 0 spiro atoms. The fourth-order valence-corrected chi connectivity index (χ4v) is 7.91. The second-order valence-electron chi connectivity index (χ2n) is 12.8. The Kier molecular flexibility index (Phi) is 6.28. The number of hydrogen-bond acceptors (Lipinski definition) is 2. The zero-order chi connectivity index (χ0) is 32.3. The molecule has 0 amide bonds. The summed E-state index contributed by atoms with van der Waals surface area (Å²) in [7, 11) is 0. The van der Waals surface area contributed by atoms with Crippen LogP contribution in [0, 0.1) is 0 Å². The summed E-state index contributed by atoms with van der Waals surface area (Å²) in [6, 6.07) is 63.6. The summed E-state index contributed by atoms with van der Waals surface area (Å²) < 4.78 is 6.49. The zero-order valence-corrected chi connectivity index (χ0v) is 26.8. The van der Waals surface area contributed by atoms with Gasteiger partial charge in [0.15, 0.2) is 0 Å². The molecule has 0 fully saturated rings. The van der Waals surface area contributed by atoms with Crippen LogP contribution in [0.3, 0.4) is 0 Å². The van der Waals surface area contributed by atoms with Gasteiger partial charge in [-0.25, -0.2) is 0 Å². The van der Waals surface area contributed by atoms with E-state index < -0.39 is 0 Å². The fourth-order valence-electron chi connectivity index (χ4n) is 7.91. The van der Waals surface area contributed by atoms with E-state index >= 15 is 0 Å². The van der Waals surface area contributed by atoms with Crippen LogP contribution in [0.25, 0.3) is 66.1 Å². The highest BCUT2D eigenvalue weighted by Crippen LogP contribution is 2.51. The maximum atomic E-state index is 6.49. The van der Waals surface area contributed by atoms with Crippen LogP contribution < -0.4 is 4.90 Å². The molecular formula is C47H31NO. The van der Waals surface area contributed by atoms with Crippen molar-refractivity contribution >= 4 is 49.8 Å². The smallest absolute Gasteiger partial charge is 0.137 e. The van der Waals surface area contributed by atoms with Gasteiger partial charge in [0.05, 0.1) is 11.4 Å². The van der Waals surface area contributed by atoms with Crippen LogP contribution in [0.2, 0.25) is 0 Å². The van der Waals surface area contributed by atoms with Crippen molar-refractivity contribution in [2.75, 3.05) is 4.90 Å². The molecule has 9 aromatic rings. The molecular weight excluding hydrogens is 595 g/mol. The highest BCUT2D eigenvalue weighted by atomic mass is 16.3. The summed E-state index contributed by atoms with van der Waals surface area (Å²) in [5.41, 5.74) is 15.1. The van der Waals surface area contributed by atoms with Crippen molar-refractivity contribution in [1.82, 2.24) is 0 Å². The molecule has 0 saturated carbocycles. The molecule has 2 heteroatoms. The SMILES string of the molecule is c1ccc(-c2ccccc2N(c2ccc3c(c2)oc2ccccc23)c2cccc3c2-c2ccc4ccccc4c2Cc2ccccc2-3)cc1. The van der Waals surface area contributed by atoms with Crippen LogP contribution in [-0.4, -0.2) is 0 Å². The minimum absolute atomic E-state index is 0.868. The van der Waals surface area contributed by atoms with Crippen molar-refractivity contribution in [2.45, 2.75) is 6.42 Å². The molecule has 1 aliphatic carbocycles. The van der Waals surface area contributed by atoms with Crippen molar-refractivity contribution in [3.05, 3.63) is 187 Å². The molecule has 1 heterocycles. The molecule has 0 saturated heterocycles. The largest absolute Gasteiger partial charge is 0.456 e. The molecule has 0 bridgehead atoms. The Morgan fingerprint density at radius 2 is 1.12 bits per heavy atom. The number of rotatable bonds is 4. The number of fused-ring (bicyclic) bond motifs is 10. The maximum Gasteiger partial charge on any atom is 0.137 e. The first-order chi connectivity index (χ1) is 24.3. The standard InChI is InChI=1S/C47H31NO/c1-2-13-31(14-3-1)37-19-8-10-22-43(37)48(34-26-28-39-38-20-9-11-24-45(38)49-46(39)30-34)44-23-12-21-40-36-18-7-5-16-33(36)29-42-35-17-6-4-15-32(35)25-27-41(42)47(40)44/h1-28,30H,29H2. The van der Waals surface area contributed by atoms with Gasteiger partial charge < -0.3 is 9.32 Å². The minimum atomic E-state index is 0.868. The molecule has 1 aromatic heterocycles. The van der Waals surface area contributed by atoms with Gasteiger partial charge in [0.1, 0.15) is 11.2 Å². The Labute approximate surface area is 285 Å². The van der Waals surface area contributed by atoms with Gasteiger partial charge in [0.25, 0.3) is 0 Å². The lowest BCUT2D eigenvalue weighted by Gasteiger charge is -2.31. The highest BCUT2D eigenvalue weighted by Gasteiger charge is 2.28. The van der Waals surface area contributed by atoms with Gasteiger partial charge in [0, 0.05) is 33.7 Å². The Morgan fingerprint density at radius 3 is 2.04 bits per heavy atom. The molecule has 0 aliphatic heterocycles. The maximum absolute atomic E-state index is 6.49. The van der Waals surface area contributed by atoms with Crippen molar-refractivity contribution in [1.29, 1.82) is 0 Å². The zero-order valence-electron chi connectivity index (χ0n) is 26.8. The Balaban J connectivity index is 1.32. The number of furan rings is 1. The minimum Gasteiger partial charge on any atom is -0.456 e. The van der Waals surface area contributed by atoms with Crippen LogP contribution >= 0.6 is 0 Å². The Hall–Kier alpha value is -6.38. The number of para-hydroxylation sites is 2. The van der Waals surface area contributed by atoms with Crippen molar-refractivity contribution in [3.8, 4) is 33.4 Å². The normalized spacial score (nSPS) is 12.0. The molecule has 10 rings (SSSR count). The van der Waals surface area contributed by atoms with E-state index in [2.05, 4.69) is 169 Å². The number of nitrogens with zero attached hydrogens (tertiary/aromatic N) is 1. The first-order valence-electron chi connectivity index (χ1n) is 16.9. The molecule has 8 aromatic carbocycles. The topological polar surface area (TPSA) is 16.4 Å². The van der Waals surface area contributed by atoms with E-state index in [1.54, 1.807) is 0 Å². The summed E-state index contributed by atoms with van der Waals surface area (Å²) in [5, 5.41) is 4.82. The van der Waals surface area contributed by atoms with Gasteiger partial charge in [-0.1, -0.05) is 140 Å². The average Bonchev–Trinajstić information content (AvgIpc) is 3.46. The Morgan fingerprint density at radius 1 is 0.429 bits per heavy atom. The van der Waals surface area contributed by atoms with E-state index in [0.29, 0.717) is 0 Å². The molecule has 0 N–H and O–H groups in total. The van der Waals surface area contributed by atoms with Gasteiger partial charge in [-0.3, -0.25) is 0 Å². The summed E-state index contributed by atoms with van der Waals surface area (Å²) in [4.78, 5) is 2.45. The van der Waals surface area contributed by atoms with E-state index in [0.717, 1.165) is 51.0 Å². The molecule has 0 unspecified atom stereocenters. The van der Waals surface area contributed by atoms with Crippen LogP contribution in [0.15, 0.2) is 180 Å². The number of hydrogen-bond donors (Lipinski definition) is 0. The quantitative estimate of drug-likeness (QED) is 0.193. The average molecular weight is 626 g/mol. The highest BCUT2D eigenvalue weighted by molar-refractivity contribution is 6.08. The molecule has 230 valence electrons. The molecule has 0 atom stereocenters. The third-order valence-electron chi connectivity index (χ3n) is 10.1. The van der Waals surface area contributed by atoms with E-state index in [4.69, 9.17) is 4.42 Å². The summed E-state index contributed by atoms with van der Waals surface area (Å²) in [6.07, 6.45) is 0.868. The van der Waals surface area contributed by atoms with E-state index in [9.17, 15) is 0 Å². The van der Waals surface area contributed by atoms with Gasteiger partial charge in [-0.05, 0) is 80.9 Å². The summed E-state index contributed by atoms with van der Waals surface area (Å²) >= 11 is 0. The summed E-state index contributed by atoms with van der Waals surface area (Å²) in [5.74, 6) is 0. The van der Waals surface area contributed by atoms with E-state index in [-0.39, 0.29) is 0 Å². The first kappa shape index (κ1) is 27.7. The van der Waals surface area contributed by atoms with Gasteiger partial charge in [-0.15, -0.1) is 0 Å². The third-order valence-corrected chi connectivity index (χ3v) is 10.1. The van der Waals surface area contributed by atoms with Crippen LogP contribution in [0.4, 0.5) is 17.1 Å². The predicted octanol–water partition coefficient (Wildman–Crippen LogP) is 13.1. The number of benzene rings is 8. The molecule has 49 heavy (non-hydrogen) atoms.